The quantitative estimate of drug-likeness (QED) is 0.757. The van der Waals surface area contributed by atoms with Gasteiger partial charge < -0.3 is 20.3 Å². The fourth-order valence-electron chi connectivity index (χ4n) is 3.24. The van der Waals surface area contributed by atoms with Gasteiger partial charge in [0.1, 0.15) is 6.61 Å². The first-order valence-corrected chi connectivity index (χ1v) is 9.73. The molecule has 1 aliphatic rings. The van der Waals surface area contributed by atoms with Crippen LogP contribution in [0.5, 0.6) is 0 Å². The van der Waals surface area contributed by atoms with E-state index in [0.717, 1.165) is 5.69 Å². The summed E-state index contributed by atoms with van der Waals surface area (Å²) in [7, 11) is 1.50. The summed E-state index contributed by atoms with van der Waals surface area (Å²) in [6.45, 7) is 4.77. The Labute approximate surface area is 175 Å². The first-order chi connectivity index (χ1) is 14.5. The maximum atomic E-state index is 14.9. The number of carbonyl (C=O) groups is 2. The van der Waals surface area contributed by atoms with Gasteiger partial charge in [-0.1, -0.05) is 12.1 Å². The molecule has 1 aliphatic heterocycles. The van der Waals surface area contributed by atoms with Gasteiger partial charge in [-0.15, -0.1) is 0 Å². The van der Waals surface area contributed by atoms with E-state index >= 15 is 0 Å². The fourth-order valence-corrected chi connectivity index (χ4v) is 3.24. The van der Waals surface area contributed by atoms with Crippen LogP contribution in [0.1, 0.15) is 11.3 Å². The van der Waals surface area contributed by atoms with E-state index in [2.05, 4.69) is 20.5 Å². The second-order valence-electron chi connectivity index (χ2n) is 7.14. The Morgan fingerprint density at radius 2 is 1.90 bits per heavy atom. The molecule has 9 heteroatoms. The van der Waals surface area contributed by atoms with Crippen LogP contribution in [0.4, 0.5) is 20.6 Å². The average Bonchev–Trinajstić information content (AvgIpc) is 2.73. The maximum absolute atomic E-state index is 14.9. The third-order valence-electron chi connectivity index (χ3n) is 4.88. The number of amides is 3. The fraction of sp³-hybridized carbons (Fsp3) is 0.381. The van der Waals surface area contributed by atoms with Crippen molar-refractivity contribution in [2.75, 3.05) is 50.5 Å². The zero-order chi connectivity index (χ0) is 21.5. The van der Waals surface area contributed by atoms with Crippen LogP contribution in [-0.4, -0.2) is 66.6 Å². The lowest BCUT2D eigenvalue weighted by Crippen LogP contribution is -2.49. The highest BCUT2D eigenvalue weighted by Gasteiger charge is 2.22. The zero-order valence-electron chi connectivity index (χ0n) is 17.2. The minimum absolute atomic E-state index is 0.0377. The first-order valence-electron chi connectivity index (χ1n) is 9.73. The monoisotopic (exact) mass is 415 g/mol. The summed E-state index contributed by atoms with van der Waals surface area (Å²) in [6, 6.07) is 7.89. The highest BCUT2D eigenvalue weighted by atomic mass is 19.1. The van der Waals surface area contributed by atoms with Crippen molar-refractivity contribution >= 4 is 23.3 Å². The molecule has 1 saturated heterocycles. The topological polar surface area (TPSA) is 86.8 Å². The van der Waals surface area contributed by atoms with Gasteiger partial charge in [0.05, 0.1) is 17.6 Å². The molecule has 160 valence electrons. The van der Waals surface area contributed by atoms with Crippen molar-refractivity contribution in [2.24, 2.45) is 0 Å². The van der Waals surface area contributed by atoms with Crippen molar-refractivity contribution in [2.45, 2.75) is 13.5 Å². The molecule has 1 fully saturated rings. The predicted molar refractivity (Wildman–Crippen MR) is 112 cm³/mol. The molecule has 2 N–H and O–H groups in total. The van der Waals surface area contributed by atoms with Crippen LogP contribution in [0.15, 0.2) is 36.5 Å². The molecule has 8 nitrogen and oxygen atoms in total. The Morgan fingerprint density at radius 1 is 1.13 bits per heavy atom. The molecule has 3 rings (SSSR count). The van der Waals surface area contributed by atoms with Crippen molar-refractivity contribution in [3.63, 3.8) is 0 Å². The van der Waals surface area contributed by atoms with Gasteiger partial charge in [-0.3, -0.25) is 14.7 Å². The van der Waals surface area contributed by atoms with E-state index in [-0.39, 0.29) is 18.2 Å². The molecule has 0 saturated carbocycles. The number of carbonyl (C=O) groups excluding carboxylic acids is 2. The summed E-state index contributed by atoms with van der Waals surface area (Å²) < 4.78 is 19.8. The Kier molecular flexibility index (Phi) is 7.31. The molecule has 1 aromatic carbocycles. The van der Waals surface area contributed by atoms with Crippen LogP contribution in [0, 0.1) is 12.7 Å². The summed E-state index contributed by atoms with van der Waals surface area (Å²) in [6.07, 6.45) is 1.54. The van der Waals surface area contributed by atoms with Crippen LogP contribution in [0.2, 0.25) is 0 Å². The molecule has 0 atom stereocenters. The number of anilines is 2. The van der Waals surface area contributed by atoms with E-state index in [1.165, 1.54) is 13.2 Å². The summed E-state index contributed by atoms with van der Waals surface area (Å²) in [5.41, 5.74) is 1.96. The number of methoxy groups -OCH3 is 1. The van der Waals surface area contributed by atoms with E-state index in [4.69, 9.17) is 4.74 Å². The number of hydrogen-bond acceptors (Lipinski definition) is 5. The minimum atomic E-state index is -0.540. The third kappa shape index (κ3) is 5.74. The van der Waals surface area contributed by atoms with E-state index in [1.54, 1.807) is 35.4 Å². The first kappa shape index (κ1) is 21.7. The highest BCUT2D eigenvalue weighted by molar-refractivity contribution is 5.99. The molecule has 2 heterocycles. The maximum Gasteiger partial charge on any atom is 0.323 e. The van der Waals surface area contributed by atoms with Crippen LogP contribution in [0.25, 0.3) is 0 Å². The lowest BCUT2D eigenvalue weighted by atomic mass is 10.1. The summed E-state index contributed by atoms with van der Waals surface area (Å²) in [5.74, 6) is -0.503. The number of urea groups is 1. The standard InChI is InChI=1S/C21H26FN5O3/c1-15-6-7-17(12-23-15)24-21(29)25-18-5-3-4-16(20(18)22)13-26-8-10-27(11-9-26)19(28)14-30-2/h3-7,12H,8-11,13-14H2,1-2H3,(H2,24,25,29). The number of piperazine rings is 1. The summed E-state index contributed by atoms with van der Waals surface area (Å²) in [4.78, 5) is 32.0. The summed E-state index contributed by atoms with van der Waals surface area (Å²) in [5, 5.41) is 5.18. The SMILES string of the molecule is COCC(=O)N1CCN(Cc2cccc(NC(=O)Nc3ccc(C)nc3)c2F)CC1. The second-order valence-corrected chi connectivity index (χ2v) is 7.14. The molecule has 2 aromatic rings. The number of hydrogen-bond donors (Lipinski definition) is 2. The lowest BCUT2D eigenvalue weighted by Gasteiger charge is -2.34. The smallest absolute Gasteiger partial charge is 0.323 e. The van der Waals surface area contributed by atoms with Crippen LogP contribution < -0.4 is 10.6 Å². The highest BCUT2D eigenvalue weighted by Crippen LogP contribution is 2.20. The minimum Gasteiger partial charge on any atom is -0.375 e. The largest absolute Gasteiger partial charge is 0.375 e. The van der Waals surface area contributed by atoms with Crippen LogP contribution in [-0.2, 0) is 16.1 Å². The average molecular weight is 415 g/mol. The van der Waals surface area contributed by atoms with Gasteiger partial charge in [-0.25, -0.2) is 9.18 Å². The number of nitrogens with one attached hydrogen (secondary N) is 2. The van der Waals surface area contributed by atoms with Gasteiger partial charge in [-0.05, 0) is 25.1 Å². The number of pyridine rings is 1. The van der Waals surface area contributed by atoms with Crippen LogP contribution in [0.3, 0.4) is 0 Å². The predicted octanol–water partition coefficient (Wildman–Crippen LogP) is 2.46. The Morgan fingerprint density at radius 3 is 2.57 bits per heavy atom. The molecule has 0 aliphatic carbocycles. The number of aromatic nitrogens is 1. The Bertz CT molecular complexity index is 883. The van der Waals surface area contributed by atoms with E-state index in [0.29, 0.717) is 44.0 Å². The molecule has 3 amide bonds. The molecular weight excluding hydrogens is 389 g/mol. The van der Waals surface area contributed by atoms with Crippen molar-refractivity contribution in [1.82, 2.24) is 14.8 Å². The summed E-state index contributed by atoms with van der Waals surface area (Å²) >= 11 is 0. The molecule has 0 bridgehead atoms. The number of aryl methyl sites for hydroxylation is 1. The van der Waals surface area contributed by atoms with E-state index in [9.17, 15) is 14.0 Å². The van der Waals surface area contributed by atoms with Gasteiger partial charge in [-0.2, -0.15) is 0 Å². The molecular formula is C21H26FN5O3. The zero-order valence-corrected chi connectivity index (χ0v) is 17.2. The van der Waals surface area contributed by atoms with E-state index in [1.807, 2.05) is 6.92 Å². The van der Waals surface area contributed by atoms with Crippen molar-refractivity contribution in [3.8, 4) is 0 Å². The third-order valence-corrected chi connectivity index (χ3v) is 4.88. The van der Waals surface area contributed by atoms with Gasteiger partial charge in [0.2, 0.25) is 5.91 Å². The second kappa shape index (κ2) is 10.1. The molecule has 30 heavy (non-hydrogen) atoms. The number of ether oxygens (including phenoxy) is 1. The lowest BCUT2D eigenvalue weighted by molar-refractivity contribution is -0.136. The van der Waals surface area contributed by atoms with Gasteiger partial charge >= 0.3 is 6.03 Å². The Balaban J connectivity index is 1.56. The van der Waals surface area contributed by atoms with Gasteiger partial charge in [0.25, 0.3) is 0 Å². The van der Waals surface area contributed by atoms with E-state index < -0.39 is 11.8 Å². The van der Waals surface area contributed by atoms with Crippen molar-refractivity contribution in [1.29, 1.82) is 0 Å². The number of halogens is 1. The molecule has 0 unspecified atom stereocenters. The number of nitrogens with zero attached hydrogens (tertiary/aromatic N) is 3. The number of benzene rings is 1. The van der Waals surface area contributed by atoms with Crippen molar-refractivity contribution in [3.05, 3.63) is 53.6 Å². The molecule has 0 radical (unpaired) electrons. The normalized spacial score (nSPS) is 14.4. The van der Waals surface area contributed by atoms with Gasteiger partial charge in [0, 0.05) is 51.1 Å². The molecule has 0 spiro atoms. The Hall–Kier alpha value is -3.04. The van der Waals surface area contributed by atoms with Crippen molar-refractivity contribution < 1.29 is 18.7 Å². The van der Waals surface area contributed by atoms with Crippen LogP contribution >= 0.6 is 0 Å². The number of rotatable bonds is 6. The molecule has 1 aromatic heterocycles. The van der Waals surface area contributed by atoms with Gasteiger partial charge in [0.15, 0.2) is 5.82 Å².